The molecule has 1 saturated carbocycles. The Morgan fingerprint density at radius 3 is 2.71 bits per heavy atom. The molecule has 0 saturated heterocycles. The number of aryl methyl sites for hydroxylation is 1. The van der Waals surface area contributed by atoms with Crippen LogP contribution in [-0.2, 0) is 6.42 Å². The van der Waals surface area contributed by atoms with Gasteiger partial charge in [-0.1, -0.05) is 51.3 Å². The fraction of sp³-hybridized carbons (Fsp3) is 0.579. The summed E-state index contributed by atoms with van der Waals surface area (Å²) in [6.07, 6.45) is 7.63. The van der Waals surface area contributed by atoms with Crippen LogP contribution in [0.4, 0.5) is 0 Å². The van der Waals surface area contributed by atoms with Crippen LogP contribution in [0.15, 0.2) is 28.7 Å². The Morgan fingerprint density at radius 2 is 2.05 bits per heavy atom. The minimum atomic E-state index is 0.453. The Kier molecular flexibility index (Phi) is 4.64. The second-order valence-corrected chi connectivity index (χ2v) is 6.33. The van der Waals surface area contributed by atoms with Crippen LogP contribution in [0, 0.1) is 5.92 Å². The lowest BCUT2D eigenvalue weighted by Crippen LogP contribution is -2.27. The highest BCUT2D eigenvalue weighted by molar-refractivity contribution is 5.82. The molecule has 0 radical (unpaired) electrons. The molecule has 0 spiro atoms. The Bertz CT molecular complexity index is 582. The van der Waals surface area contributed by atoms with Gasteiger partial charge in [0, 0.05) is 23.4 Å². The van der Waals surface area contributed by atoms with Crippen LogP contribution in [-0.4, -0.2) is 6.54 Å². The molecule has 1 heterocycles. The standard InChI is InChI=1S/C19H27NO/c1-3-12-20-16(13-14-8-7-9-14)19-15-10-5-6-11-18(15)21-17(19)4-2/h5-6,10-11,14,16,20H,3-4,7-9,12-13H2,1-2H3. The largest absolute Gasteiger partial charge is 0.461 e. The fourth-order valence-corrected chi connectivity index (χ4v) is 3.44. The highest BCUT2D eigenvalue weighted by Crippen LogP contribution is 2.39. The summed E-state index contributed by atoms with van der Waals surface area (Å²) < 4.78 is 6.10. The molecule has 1 aliphatic rings. The van der Waals surface area contributed by atoms with Crippen LogP contribution in [0.2, 0.25) is 0 Å². The summed E-state index contributed by atoms with van der Waals surface area (Å²) in [5.41, 5.74) is 2.47. The van der Waals surface area contributed by atoms with Crippen molar-refractivity contribution in [3.63, 3.8) is 0 Å². The molecule has 21 heavy (non-hydrogen) atoms. The number of nitrogens with one attached hydrogen (secondary N) is 1. The van der Waals surface area contributed by atoms with Gasteiger partial charge in [-0.05, 0) is 31.4 Å². The van der Waals surface area contributed by atoms with E-state index in [-0.39, 0.29) is 0 Å². The maximum atomic E-state index is 6.10. The average Bonchev–Trinajstić information content (AvgIpc) is 2.84. The Balaban J connectivity index is 1.95. The van der Waals surface area contributed by atoms with Crippen LogP contribution in [0.1, 0.15) is 63.3 Å². The van der Waals surface area contributed by atoms with Gasteiger partial charge in [0.2, 0.25) is 0 Å². The van der Waals surface area contributed by atoms with E-state index in [0.717, 1.165) is 24.5 Å². The molecular weight excluding hydrogens is 258 g/mol. The molecule has 1 aromatic carbocycles. The molecule has 3 rings (SSSR count). The second kappa shape index (κ2) is 6.65. The molecule has 1 N–H and O–H groups in total. The summed E-state index contributed by atoms with van der Waals surface area (Å²) in [4.78, 5) is 0. The molecule has 1 fully saturated rings. The molecule has 1 aliphatic carbocycles. The Labute approximate surface area is 127 Å². The monoisotopic (exact) mass is 285 g/mol. The number of hydrogen-bond acceptors (Lipinski definition) is 2. The quantitative estimate of drug-likeness (QED) is 0.754. The molecule has 2 heteroatoms. The van der Waals surface area contributed by atoms with Crippen molar-refractivity contribution in [3.8, 4) is 0 Å². The zero-order valence-electron chi connectivity index (χ0n) is 13.3. The van der Waals surface area contributed by atoms with Crippen LogP contribution >= 0.6 is 0 Å². The highest BCUT2D eigenvalue weighted by Gasteiger charge is 2.27. The Morgan fingerprint density at radius 1 is 1.24 bits per heavy atom. The Hall–Kier alpha value is -1.28. The number of benzene rings is 1. The minimum absolute atomic E-state index is 0.453. The zero-order chi connectivity index (χ0) is 14.7. The zero-order valence-corrected chi connectivity index (χ0v) is 13.3. The first kappa shape index (κ1) is 14.6. The second-order valence-electron chi connectivity index (χ2n) is 6.33. The van der Waals surface area contributed by atoms with Crippen LogP contribution < -0.4 is 5.32 Å². The molecule has 0 aliphatic heterocycles. The van der Waals surface area contributed by atoms with Gasteiger partial charge < -0.3 is 9.73 Å². The third-order valence-electron chi connectivity index (χ3n) is 4.81. The van der Waals surface area contributed by atoms with E-state index < -0.39 is 0 Å². The van der Waals surface area contributed by atoms with Crippen LogP contribution in [0.3, 0.4) is 0 Å². The highest BCUT2D eigenvalue weighted by atomic mass is 16.3. The van der Waals surface area contributed by atoms with E-state index in [1.165, 1.54) is 48.8 Å². The third-order valence-corrected chi connectivity index (χ3v) is 4.81. The van der Waals surface area contributed by atoms with E-state index >= 15 is 0 Å². The number of furan rings is 1. The van der Waals surface area contributed by atoms with Crippen molar-refractivity contribution in [2.45, 2.75) is 58.4 Å². The predicted molar refractivity (Wildman–Crippen MR) is 88.6 cm³/mol. The van der Waals surface area contributed by atoms with Gasteiger partial charge in [0.15, 0.2) is 0 Å². The van der Waals surface area contributed by atoms with Gasteiger partial charge in [-0.2, -0.15) is 0 Å². The lowest BCUT2D eigenvalue weighted by Gasteiger charge is -2.30. The third kappa shape index (κ3) is 3.01. The van der Waals surface area contributed by atoms with Gasteiger partial charge >= 0.3 is 0 Å². The van der Waals surface area contributed by atoms with E-state index in [2.05, 4.69) is 43.4 Å². The maximum absolute atomic E-state index is 6.10. The lowest BCUT2D eigenvalue weighted by atomic mass is 9.79. The van der Waals surface area contributed by atoms with Crippen molar-refractivity contribution in [3.05, 3.63) is 35.6 Å². The van der Waals surface area contributed by atoms with Crippen molar-refractivity contribution < 1.29 is 4.42 Å². The molecule has 0 amide bonds. The van der Waals surface area contributed by atoms with Gasteiger partial charge in [0.05, 0.1) is 0 Å². The van der Waals surface area contributed by atoms with Crippen LogP contribution in [0.5, 0.6) is 0 Å². The fourth-order valence-electron chi connectivity index (χ4n) is 3.44. The number of rotatable bonds is 7. The molecule has 114 valence electrons. The topological polar surface area (TPSA) is 25.2 Å². The first-order valence-electron chi connectivity index (χ1n) is 8.57. The molecule has 1 atom stereocenters. The van der Waals surface area contributed by atoms with Gasteiger partial charge in [0.1, 0.15) is 11.3 Å². The average molecular weight is 285 g/mol. The first-order chi connectivity index (χ1) is 10.3. The lowest BCUT2D eigenvalue weighted by molar-refractivity contribution is 0.260. The number of fused-ring (bicyclic) bond motifs is 1. The molecular formula is C19H27NO. The minimum Gasteiger partial charge on any atom is -0.461 e. The van der Waals surface area contributed by atoms with Crippen LogP contribution in [0.25, 0.3) is 11.0 Å². The summed E-state index contributed by atoms with van der Waals surface area (Å²) >= 11 is 0. The van der Waals surface area contributed by atoms with Crippen molar-refractivity contribution in [2.75, 3.05) is 6.54 Å². The van der Waals surface area contributed by atoms with Crippen molar-refractivity contribution >= 4 is 11.0 Å². The molecule has 0 bridgehead atoms. The van der Waals surface area contributed by atoms with Crippen molar-refractivity contribution in [1.82, 2.24) is 5.32 Å². The number of para-hydroxylation sites is 1. The molecule has 1 aromatic heterocycles. The van der Waals surface area contributed by atoms with E-state index in [0.29, 0.717) is 6.04 Å². The first-order valence-corrected chi connectivity index (χ1v) is 8.57. The molecule has 2 nitrogen and oxygen atoms in total. The summed E-state index contributed by atoms with van der Waals surface area (Å²) in [5.74, 6) is 2.07. The summed E-state index contributed by atoms with van der Waals surface area (Å²) in [5, 5.41) is 5.09. The van der Waals surface area contributed by atoms with E-state index in [4.69, 9.17) is 4.42 Å². The maximum Gasteiger partial charge on any atom is 0.134 e. The van der Waals surface area contributed by atoms with Crippen molar-refractivity contribution in [1.29, 1.82) is 0 Å². The number of hydrogen-bond donors (Lipinski definition) is 1. The smallest absolute Gasteiger partial charge is 0.134 e. The molecule has 2 aromatic rings. The van der Waals surface area contributed by atoms with Gasteiger partial charge in [-0.25, -0.2) is 0 Å². The van der Waals surface area contributed by atoms with Gasteiger partial charge in [-0.3, -0.25) is 0 Å². The van der Waals surface area contributed by atoms with Crippen molar-refractivity contribution in [2.24, 2.45) is 5.92 Å². The summed E-state index contributed by atoms with van der Waals surface area (Å²) in [6, 6.07) is 8.96. The SMILES string of the molecule is CCCNC(CC1CCC1)c1c(CC)oc2ccccc12. The predicted octanol–water partition coefficient (Wildman–Crippen LogP) is 5.23. The van der Waals surface area contributed by atoms with E-state index in [1.54, 1.807) is 0 Å². The van der Waals surface area contributed by atoms with E-state index in [1.807, 2.05) is 0 Å². The van der Waals surface area contributed by atoms with Gasteiger partial charge in [0.25, 0.3) is 0 Å². The summed E-state index contributed by atoms with van der Waals surface area (Å²) in [7, 11) is 0. The normalized spacial score (nSPS) is 17.0. The summed E-state index contributed by atoms with van der Waals surface area (Å²) in [6.45, 7) is 5.52. The molecule has 1 unspecified atom stereocenters. The van der Waals surface area contributed by atoms with E-state index in [9.17, 15) is 0 Å². The van der Waals surface area contributed by atoms with Gasteiger partial charge in [-0.15, -0.1) is 0 Å².